The molecule has 0 radical (unpaired) electrons. The number of hydrogen-bond acceptors (Lipinski definition) is 5. The molecule has 7 heteroatoms. The Morgan fingerprint density at radius 2 is 1.93 bits per heavy atom. The summed E-state index contributed by atoms with van der Waals surface area (Å²) in [7, 11) is 0. The first-order valence-electron chi connectivity index (χ1n) is 9.59. The molecule has 0 bridgehead atoms. The zero-order valence-electron chi connectivity index (χ0n) is 17.4. The van der Waals surface area contributed by atoms with Crippen molar-refractivity contribution in [1.82, 2.24) is 9.97 Å². The van der Waals surface area contributed by atoms with Crippen molar-refractivity contribution in [3.05, 3.63) is 65.2 Å². The van der Waals surface area contributed by atoms with Crippen LogP contribution in [-0.4, -0.2) is 22.5 Å². The number of hydrogen-bond donors (Lipinski definition) is 1. The number of pyridine rings is 2. The first-order valence-corrected chi connectivity index (χ1v) is 9.59. The molecule has 0 aliphatic rings. The number of nitrogens with two attached hydrogens (primary N) is 1. The minimum Gasteiger partial charge on any atom is -0.493 e. The van der Waals surface area contributed by atoms with Gasteiger partial charge in [0.25, 0.3) is 5.91 Å². The van der Waals surface area contributed by atoms with Crippen LogP contribution in [0.2, 0.25) is 0 Å². The Morgan fingerprint density at radius 1 is 1.17 bits per heavy atom. The van der Waals surface area contributed by atoms with E-state index in [1.807, 2.05) is 20.8 Å². The van der Waals surface area contributed by atoms with E-state index < -0.39 is 11.7 Å². The van der Waals surface area contributed by atoms with Gasteiger partial charge in [0.2, 0.25) is 5.88 Å². The maximum absolute atomic E-state index is 14.2. The molecule has 0 atom stereocenters. The largest absolute Gasteiger partial charge is 0.493 e. The van der Waals surface area contributed by atoms with E-state index >= 15 is 0 Å². The number of benzene rings is 1. The Hall–Kier alpha value is -3.48. The van der Waals surface area contributed by atoms with Gasteiger partial charge in [-0.1, -0.05) is 13.8 Å². The van der Waals surface area contributed by atoms with Gasteiger partial charge in [-0.2, -0.15) is 0 Å². The van der Waals surface area contributed by atoms with Crippen LogP contribution in [0.15, 0.2) is 42.6 Å². The Labute approximate surface area is 174 Å². The molecule has 0 fully saturated rings. The Kier molecular flexibility index (Phi) is 6.30. The minimum atomic E-state index is -0.677. The Balaban J connectivity index is 2.03. The highest BCUT2D eigenvalue weighted by Crippen LogP contribution is 2.32. The number of carbonyl (C=O) groups excluding carboxylic acids is 1. The number of primary amides is 1. The third kappa shape index (κ3) is 4.92. The zero-order valence-corrected chi connectivity index (χ0v) is 17.4. The summed E-state index contributed by atoms with van der Waals surface area (Å²) in [5, 5.41) is 0. The van der Waals surface area contributed by atoms with Crippen LogP contribution < -0.4 is 15.2 Å². The molecule has 0 saturated heterocycles. The number of nitrogens with zero attached hydrogens (tertiary/aromatic N) is 2. The third-order valence-electron chi connectivity index (χ3n) is 4.35. The van der Waals surface area contributed by atoms with Gasteiger partial charge >= 0.3 is 0 Å². The van der Waals surface area contributed by atoms with Crippen molar-refractivity contribution in [1.29, 1.82) is 0 Å². The predicted molar refractivity (Wildman–Crippen MR) is 112 cm³/mol. The van der Waals surface area contributed by atoms with Crippen molar-refractivity contribution >= 4 is 5.91 Å². The number of halogens is 1. The van der Waals surface area contributed by atoms with Gasteiger partial charge in [0.15, 0.2) is 5.75 Å². The van der Waals surface area contributed by atoms with Crippen LogP contribution in [-0.2, 0) is 0 Å². The van der Waals surface area contributed by atoms with Crippen LogP contribution in [0.25, 0.3) is 11.3 Å². The molecule has 6 nitrogen and oxygen atoms in total. The van der Waals surface area contributed by atoms with Crippen molar-refractivity contribution in [2.24, 2.45) is 11.7 Å². The normalized spacial score (nSPS) is 10.9. The quantitative estimate of drug-likeness (QED) is 0.604. The van der Waals surface area contributed by atoms with Crippen molar-refractivity contribution < 1.29 is 18.7 Å². The highest BCUT2D eigenvalue weighted by atomic mass is 19.1. The second kappa shape index (κ2) is 8.90. The average Bonchev–Trinajstić information content (AvgIpc) is 2.68. The summed E-state index contributed by atoms with van der Waals surface area (Å²) in [6, 6.07) is 9.27. The number of aryl methyl sites for hydroxylation is 2. The second-order valence-corrected chi connectivity index (χ2v) is 7.44. The van der Waals surface area contributed by atoms with Crippen LogP contribution in [0.5, 0.6) is 17.4 Å². The number of aromatic nitrogens is 2. The minimum absolute atomic E-state index is 0.0353. The highest BCUT2D eigenvalue weighted by molar-refractivity contribution is 5.95. The average molecular weight is 409 g/mol. The van der Waals surface area contributed by atoms with Gasteiger partial charge in [0, 0.05) is 17.8 Å². The van der Waals surface area contributed by atoms with Gasteiger partial charge in [0.1, 0.15) is 17.1 Å². The van der Waals surface area contributed by atoms with E-state index in [9.17, 15) is 9.18 Å². The molecule has 1 aromatic carbocycles. The molecule has 0 aliphatic heterocycles. The summed E-state index contributed by atoms with van der Waals surface area (Å²) in [6.45, 7) is 8.14. The lowest BCUT2D eigenvalue weighted by Gasteiger charge is -2.14. The molecule has 30 heavy (non-hydrogen) atoms. The molecule has 156 valence electrons. The molecule has 0 unspecified atom stereocenters. The summed E-state index contributed by atoms with van der Waals surface area (Å²) in [5.41, 5.74) is 8.01. The fourth-order valence-electron chi connectivity index (χ4n) is 2.85. The maximum Gasteiger partial charge on any atom is 0.254 e. The predicted octanol–water partition coefficient (Wildman–Crippen LogP) is 4.83. The van der Waals surface area contributed by atoms with Gasteiger partial charge in [-0.15, -0.1) is 0 Å². The van der Waals surface area contributed by atoms with E-state index in [1.54, 1.807) is 31.3 Å². The first kappa shape index (κ1) is 21.2. The topological polar surface area (TPSA) is 87.3 Å². The zero-order chi connectivity index (χ0) is 21.8. The SMILES string of the molecule is Cc1ccnc(C)c1Oc1nc(-c2cc(F)cc(OCC(C)C)c2)ccc1C(N)=O. The maximum atomic E-state index is 14.2. The van der Waals surface area contributed by atoms with Crippen molar-refractivity contribution in [3.63, 3.8) is 0 Å². The van der Waals surface area contributed by atoms with E-state index in [-0.39, 0.29) is 11.4 Å². The van der Waals surface area contributed by atoms with Crippen molar-refractivity contribution in [2.45, 2.75) is 27.7 Å². The Morgan fingerprint density at radius 3 is 2.60 bits per heavy atom. The molecule has 0 saturated carbocycles. The lowest BCUT2D eigenvalue weighted by Crippen LogP contribution is -2.13. The van der Waals surface area contributed by atoms with Crippen LogP contribution in [0.3, 0.4) is 0 Å². The molecule has 3 rings (SSSR count). The van der Waals surface area contributed by atoms with Crippen LogP contribution in [0, 0.1) is 25.6 Å². The molecule has 2 heterocycles. The summed E-state index contributed by atoms with van der Waals surface area (Å²) in [6.07, 6.45) is 1.67. The molecule has 2 aromatic heterocycles. The summed E-state index contributed by atoms with van der Waals surface area (Å²) in [4.78, 5) is 20.6. The molecule has 0 spiro atoms. The number of amides is 1. The van der Waals surface area contributed by atoms with E-state index in [2.05, 4.69) is 9.97 Å². The van der Waals surface area contributed by atoms with Gasteiger partial charge < -0.3 is 15.2 Å². The lowest BCUT2D eigenvalue weighted by atomic mass is 10.1. The summed E-state index contributed by atoms with van der Waals surface area (Å²) >= 11 is 0. The van der Waals surface area contributed by atoms with Gasteiger partial charge in [-0.3, -0.25) is 9.78 Å². The number of ether oxygens (including phenoxy) is 2. The van der Waals surface area contributed by atoms with E-state index in [4.69, 9.17) is 15.2 Å². The van der Waals surface area contributed by atoms with Crippen molar-refractivity contribution in [2.75, 3.05) is 6.61 Å². The number of carbonyl (C=O) groups is 1. The monoisotopic (exact) mass is 409 g/mol. The number of rotatable bonds is 7. The third-order valence-corrected chi connectivity index (χ3v) is 4.35. The molecular weight excluding hydrogens is 385 g/mol. The van der Waals surface area contributed by atoms with Crippen molar-refractivity contribution in [3.8, 4) is 28.6 Å². The summed E-state index contributed by atoms with van der Waals surface area (Å²) < 4.78 is 25.8. The first-order chi connectivity index (χ1) is 14.2. The molecule has 1 amide bonds. The standard InChI is InChI=1S/C23H24FN3O3/c1-13(2)12-29-18-10-16(9-17(24)11-18)20-6-5-19(22(25)28)23(27-20)30-21-14(3)7-8-26-15(21)4/h5-11,13H,12H2,1-4H3,(H2,25,28). The van der Waals surface area contributed by atoms with Gasteiger partial charge in [-0.05, 0) is 55.7 Å². The van der Waals surface area contributed by atoms with Gasteiger partial charge in [0.05, 0.1) is 18.0 Å². The molecule has 0 aliphatic carbocycles. The lowest BCUT2D eigenvalue weighted by molar-refractivity contribution is 0.0997. The smallest absolute Gasteiger partial charge is 0.254 e. The fourth-order valence-corrected chi connectivity index (χ4v) is 2.85. The van der Waals surface area contributed by atoms with Gasteiger partial charge in [-0.25, -0.2) is 9.37 Å². The van der Waals surface area contributed by atoms with E-state index in [0.29, 0.717) is 41.0 Å². The van der Waals surface area contributed by atoms with Crippen LogP contribution in [0.1, 0.15) is 35.5 Å². The fraction of sp³-hybridized carbons (Fsp3) is 0.261. The molecular formula is C23H24FN3O3. The molecule has 2 N–H and O–H groups in total. The highest BCUT2D eigenvalue weighted by Gasteiger charge is 2.17. The van der Waals surface area contributed by atoms with E-state index in [1.165, 1.54) is 18.2 Å². The van der Waals surface area contributed by atoms with Crippen LogP contribution in [0.4, 0.5) is 4.39 Å². The van der Waals surface area contributed by atoms with Crippen LogP contribution >= 0.6 is 0 Å². The molecule has 3 aromatic rings. The summed E-state index contributed by atoms with van der Waals surface area (Å²) in [5.74, 6) is 0.103. The second-order valence-electron chi connectivity index (χ2n) is 7.44. The van der Waals surface area contributed by atoms with E-state index in [0.717, 1.165) is 5.56 Å². The Bertz CT molecular complexity index is 1060.